The summed E-state index contributed by atoms with van der Waals surface area (Å²) in [6.45, 7) is 2.00. The van der Waals surface area contributed by atoms with E-state index in [0.717, 1.165) is 5.39 Å². The lowest BCUT2D eigenvalue weighted by Gasteiger charge is -2.02. The van der Waals surface area contributed by atoms with Crippen LogP contribution < -0.4 is 0 Å². The highest BCUT2D eigenvalue weighted by Crippen LogP contribution is 2.32. The predicted octanol–water partition coefficient (Wildman–Crippen LogP) is 3.26. The molecule has 2 aromatic heterocycles. The molecule has 0 N–H and O–H groups in total. The molecular formula is C19H20N2O6S2. The first-order valence-corrected chi connectivity index (χ1v) is 12.1. The zero-order chi connectivity index (χ0) is 20.4. The van der Waals surface area contributed by atoms with E-state index < -0.39 is 15.8 Å². The van der Waals surface area contributed by atoms with Crippen molar-refractivity contribution in [3.8, 4) is 0 Å². The van der Waals surface area contributed by atoms with Crippen molar-refractivity contribution >= 4 is 38.5 Å². The molecule has 10 heteroatoms. The standard InChI is InChI=1S/C19H20N2O6S2/c1-2-25-18(22)17-14(13-5-3-4-6-15(13)26-17)10-28-19-21-20-16(27-19)9-12-7-8-29(23,24)11-12/h3-6,12H,2,7-11H2,1H3. The van der Waals surface area contributed by atoms with Crippen molar-refractivity contribution in [1.29, 1.82) is 0 Å². The molecule has 0 saturated carbocycles. The first-order chi connectivity index (χ1) is 13.9. The summed E-state index contributed by atoms with van der Waals surface area (Å²) >= 11 is 1.29. The number of hydrogen-bond donors (Lipinski definition) is 0. The van der Waals surface area contributed by atoms with Crippen LogP contribution in [0, 0.1) is 5.92 Å². The second-order valence-electron chi connectivity index (χ2n) is 6.85. The number of hydrogen-bond acceptors (Lipinski definition) is 9. The van der Waals surface area contributed by atoms with Crippen LogP contribution in [0.1, 0.15) is 35.4 Å². The normalized spacial score (nSPS) is 18.3. The molecule has 154 valence electrons. The highest BCUT2D eigenvalue weighted by molar-refractivity contribution is 7.98. The predicted molar refractivity (Wildman–Crippen MR) is 106 cm³/mol. The summed E-state index contributed by atoms with van der Waals surface area (Å²) in [7, 11) is -2.94. The van der Waals surface area contributed by atoms with Crippen molar-refractivity contribution < 1.29 is 26.8 Å². The Hall–Kier alpha value is -2.33. The number of carbonyl (C=O) groups is 1. The van der Waals surface area contributed by atoms with Crippen LogP contribution in [-0.4, -0.2) is 42.7 Å². The Labute approximate surface area is 171 Å². The maximum atomic E-state index is 12.3. The fourth-order valence-corrected chi connectivity index (χ4v) is 6.07. The molecular weight excluding hydrogens is 416 g/mol. The third-order valence-corrected chi connectivity index (χ3v) is 7.42. The lowest BCUT2D eigenvalue weighted by Crippen LogP contribution is -2.07. The molecule has 3 aromatic rings. The minimum absolute atomic E-state index is 0.0199. The first-order valence-electron chi connectivity index (χ1n) is 9.28. The molecule has 1 aromatic carbocycles. The summed E-state index contributed by atoms with van der Waals surface area (Å²) < 4.78 is 39.7. The summed E-state index contributed by atoms with van der Waals surface area (Å²) in [5.74, 6) is 0.900. The number of ether oxygens (including phenoxy) is 1. The Morgan fingerprint density at radius 2 is 2.10 bits per heavy atom. The molecule has 1 atom stereocenters. The number of esters is 1. The van der Waals surface area contributed by atoms with Crippen LogP contribution >= 0.6 is 11.8 Å². The van der Waals surface area contributed by atoms with Gasteiger partial charge in [0.2, 0.25) is 11.7 Å². The van der Waals surface area contributed by atoms with Crippen LogP contribution in [0.3, 0.4) is 0 Å². The fraction of sp³-hybridized carbons (Fsp3) is 0.421. The zero-order valence-corrected chi connectivity index (χ0v) is 17.4. The van der Waals surface area contributed by atoms with Gasteiger partial charge in [0.05, 0.1) is 18.1 Å². The van der Waals surface area contributed by atoms with Gasteiger partial charge in [-0.1, -0.05) is 30.0 Å². The number of rotatable bonds is 7. The molecule has 1 saturated heterocycles. The molecule has 1 aliphatic heterocycles. The molecule has 0 spiro atoms. The Morgan fingerprint density at radius 3 is 2.86 bits per heavy atom. The third-order valence-electron chi connectivity index (χ3n) is 4.74. The molecule has 3 heterocycles. The average molecular weight is 437 g/mol. The molecule has 1 aliphatic rings. The van der Waals surface area contributed by atoms with Gasteiger partial charge in [0.15, 0.2) is 9.84 Å². The molecule has 0 radical (unpaired) electrons. The molecule has 1 fully saturated rings. The van der Waals surface area contributed by atoms with Gasteiger partial charge in [-0.2, -0.15) is 0 Å². The Kier molecular flexibility index (Phi) is 5.64. The smallest absolute Gasteiger partial charge is 0.374 e. The first kappa shape index (κ1) is 20.0. The Morgan fingerprint density at radius 1 is 1.28 bits per heavy atom. The van der Waals surface area contributed by atoms with Gasteiger partial charge in [0, 0.05) is 23.1 Å². The second kappa shape index (κ2) is 8.19. The number of para-hydroxylation sites is 1. The number of fused-ring (bicyclic) bond motifs is 1. The van der Waals surface area contributed by atoms with Gasteiger partial charge in [-0.15, -0.1) is 10.2 Å². The zero-order valence-electron chi connectivity index (χ0n) is 15.8. The topological polar surface area (TPSA) is 112 Å². The Balaban J connectivity index is 1.48. The number of furan rings is 1. The van der Waals surface area contributed by atoms with E-state index in [4.69, 9.17) is 13.6 Å². The van der Waals surface area contributed by atoms with Crippen LogP contribution in [-0.2, 0) is 26.7 Å². The average Bonchev–Trinajstić information content (AvgIpc) is 3.37. The third kappa shape index (κ3) is 4.48. The van der Waals surface area contributed by atoms with E-state index in [-0.39, 0.29) is 29.8 Å². The molecule has 0 bridgehead atoms. The number of sulfone groups is 1. The number of benzene rings is 1. The number of thioether (sulfide) groups is 1. The summed E-state index contributed by atoms with van der Waals surface area (Å²) in [5.41, 5.74) is 1.32. The van der Waals surface area contributed by atoms with E-state index in [9.17, 15) is 13.2 Å². The lowest BCUT2D eigenvalue weighted by atomic mass is 10.1. The Bertz CT molecular complexity index is 1130. The molecule has 29 heavy (non-hydrogen) atoms. The van der Waals surface area contributed by atoms with E-state index in [0.29, 0.717) is 40.9 Å². The fourth-order valence-electron chi connectivity index (χ4n) is 3.40. The van der Waals surface area contributed by atoms with E-state index in [2.05, 4.69) is 10.2 Å². The quantitative estimate of drug-likeness (QED) is 0.407. The van der Waals surface area contributed by atoms with E-state index in [1.807, 2.05) is 18.2 Å². The molecule has 4 rings (SSSR count). The molecule has 0 aliphatic carbocycles. The lowest BCUT2D eigenvalue weighted by molar-refractivity contribution is 0.0491. The highest BCUT2D eigenvalue weighted by Gasteiger charge is 2.29. The van der Waals surface area contributed by atoms with Crippen molar-refractivity contribution in [2.24, 2.45) is 5.92 Å². The largest absolute Gasteiger partial charge is 0.460 e. The van der Waals surface area contributed by atoms with Crippen LogP contribution in [0.5, 0.6) is 0 Å². The van der Waals surface area contributed by atoms with Crippen molar-refractivity contribution in [1.82, 2.24) is 10.2 Å². The van der Waals surface area contributed by atoms with Gasteiger partial charge < -0.3 is 13.6 Å². The van der Waals surface area contributed by atoms with Crippen molar-refractivity contribution in [2.45, 2.75) is 30.7 Å². The molecule has 1 unspecified atom stereocenters. The van der Waals surface area contributed by atoms with Gasteiger partial charge >= 0.3 is 5.97 Å². The number of aromatic nitrogens is 2. The maximum absolute atomic E-state index is 12.3. The van der Waals surface area contributed by atoms with E-state index in [1.54, 1.807) is 13.0 Å². The van der Waals surface area contributed by atoms with Crippen molar-refractivity contribution in [2.75, 3.05) is 18.1 Å². The summed E-state index contributed by atoms with van der Waals surface area (Å²) in [6.07, 6.45) is 1.08. The summed E-state index contributed by atoms with van der Waals surface area (Å²) in [6, 6.07) is 7.40. The van der Waals surface area contributed by atoms with Crippen LogP contribution in [0.15, 0.2) is 38.3 Å². The van der Waals surface area contributed by atoms with Gasteiger partial charge in [-0.05, 0) is 25.3 Å². The van der Waals surface area contributed by atoms with Crippen molar-refractivity contribution in [3.05, 3.63) is 41.5 Å². The summed E-state index contributed by atoms with van der Waals surface area (Å²) in [5, 5.41) is 9.26. The van der Waals surface area contributed by atoms with Crippen LogP contribution in [0.25, 0.3) is 11.0 Å². The monoisotopic (exact) mass is 436 g/mol. The van der Waals surface area contributed by atoms with Crippen LogP contribution in [0.4, 0.5) is 0 Å². The van der Waals surface area contributed by atoms with Gasteiger partial charge in [0.25, 0.3) is 5.22 Å². The SMILES string of the molecule is CCOC(=O)c1oc2ccccc2c1CSc1nnc(CC2CCS(=O)(=O)C2)o1. The highest BCUT2D eigenvalue weighted by atomic mass is 32.2. The van der Waals surface area contributed by atoms with Gasteiger partial charge in [-0.3, -0.25) is 0 Å². The number of carbonyl (C=O) groups excluding carboxylic acids is 1. The van der Waals surface area contributed by atoms with Gasteiger partial charge in [0.1, 0.15) is 5.58 Å². The van der Waals surface area contributed by atoms with E-state index in [1.165, 1.54) is 11.8 Å². The van der Waals surface area contributed by atoms with Crippen LogP contribution in [0.2, 0.25) is 0 Å². The van der Waals surface area contributed by atoms with Crippen molar-refractivity contribution in [3.63, 3.8) is 0 Å². The number of nitrogens with zero attached hydrogens (tertiary/aromatic N) is 2. The maximum Gasteiger partial charge on any atom is 0.374 e. The van der Waals surface area contributed by atoms with E-state index >= 15 is 0 Å². The van der Waals surface area contributed by atoms with Gasteiger partial charge in [-0.25, -0.2) is 13.2 Å². The minimum atomic E-state index is -2.94. The second-order valence-corrected chi connectivity index (χ2v) is 10.0. The minimum Gasteiger partial charge on any atom is -0.460 e. The molecule has 8 nitrogen and oxygen atoms in total. The summed E-state index contributed by atoms with van der Waals surface area (Å²) in [4.78, 5) is 12.3. The molecule has 0 amide bonds.